The highest BCUT2D eigenvalue weighted by molar-refractivity contribution is 6.60. The van der Waals surface area contributed by atoms with Crippen LogP contribution >= 0.6 is 0 Å². The highest BCUT2D eigenvalue weighted by Gasteiger charge is 2.49. The lowest BCUT2D eigenvalue weighted by Crippen LogP contribution is -2.64. The van der Waals surface area contributed by atoms with Crippen LogP contribution in [-0.4, -0.2) is 58.9 Å². The Morgan fingerprint density at radius 3 is 1.11 bits per heavy atom. The summed E-state index contributed by atoms with van der Waals surface area (Å²) in [6.07, 6.45) is 12.6. The van der Waals surface area contributed by atoms with Crippen molar-refractivity contribution in [1.82, 2.24) is 0 Å². The van der Waals surface area contributed by atoms with Gasteiger partial charge in [0.1, 0.15) is 6.17 Å². The summed E-state index contributed by atoms with van der Waals surface area (Å²) in [6.45, 7) is 18.8. The van der Waals surface area contributed by atoms with Gasteiger partial charge in [0.05, 0.1) is 19.6 Å². The first-order valence-electron chi connectivity index (χ1n) is 11.8. The van der Waals surface area contributed by atoms with Crippen molar-refractivity contribution in [1.29, 1.82) is 0 Å². The van der Waals surface area contributed by atoms with E-state index < -0.39 is 8.80 Å². The Kier molecular flexibility index (Phi) is 17.0. The molecule has 27 heavy (non-hydrogen) atoms. The van der Waals surface area contributed by atoms with Crippen molar-refractivity contribution in [2.24, 2.45) is 0 Å². The number of rotatable bonds is 20. The van der Waals surface area contributed by atoms with Gasteiger partial charge < -0.3 is 17.8 Å². The van der Waals surface area contributed by atoms with Crippen LogP contribution in [0, 0.1) is 0 Å². The third kappa shape index (κ3) is 11.6. The minimum absolute atomic E-state index is 0.672. The fourth-order valence-corrected chi connectivity index (χ4v) is 7.14. The molecule has 0 aromatic rings. The summed E-state index contributed by atoms with van der Waals surface area (Å²) >= 11 is 0. The van der Waals surface area contributed by atoms with Gasteiger partial charge in [-0.25, -0.2) is 0 Å². The topological polar surface area (TPSA) is 27.7 Å². The molecule has 0 aliphatic carbocycles. The van der Waals surface area contributed by atoms with Crippen molar-refractivity contribution in [3.63, 3.8) is 0 Å². The average molecular weight is 405 g/mol. The summed E-state index contributed by atoms with van der Waals surface area (Å²) in [5.41, 5.74) is 0. The van der Waals surface area contributed by atoms with Crippen molar-refractivity contribution < 1.29 is 17.8 Å². The molecular formula is C22H50NO3Si+. The molecule has 0 saturated carbocycles. The quantitative estimate of drug-likeness (QED) is 0.142. The van der Waals surface area contributed by atoms with E-state index in [1.54, 1.807) is 0 Å². The van der Waals surface area contributed by atoms with E-state index in [2.05, 4.69) is 41.5 Å². The second-order valence-electron chi connectivity index (χ2n) is 7.77. The molecule has 0 atom stereocenters. The fraction of sp³-hybridized carbons (Fsp3) is 1.00. The number of nitrogens with zero attached hydrogens (tertiary/aromatic N) is 1. The van der Waals surface area contributed by atoms with Gasteiger partial charge >= 0.3 is 8.80 Å². The Balaban J connectivity index is 5.55. The first-order valence-corrected chi connectivity index (χ1v) is 13.8. The number of quaternary nitrogens is 1. The van der Waals surface area contributed by atoms with E-state index in [-0.39, 0.29) is 0 Å². The molecule has 4 nitrogen and oxygen atoms in total. The molecule has 0 aliphatic rings. The standard InChI is InChI=1S/C22H50NO3Si/c1-7-13-16-19-23(20-17-14-8-2,21-18-15-9-3)22-27(24-10-4,25-11-5)26-12-6/h7-22H2,1-6H3/q+1. The zero-order valence-electron chi connectivity index (χ0n) is 19.5. The van der Waals surface area contributed by atoms with Gasteiger partial charge in [-0.05, 0) is 59.3 Å². The molecule has 0 fully saturated rings. The highest BCUT2D eigenvalue weighted by atomic mass is 28.4. The lowest BCUT2D eigenvalue weighted by atomic mass is 10.1. The van der Waals surface area contributed by atoms with Crippen LogP contribution in [0.4, 0.5) is 0 Å². The maximum Gasteiger partial charge on any atom is 0.559 e. The summed E-state index contributed by atoms with van der Waals surface area (Å²) < 4.78 is 19.9. The van der Waals surface area contributed by atoms with Crippen LogP contribution in [-0.2, 0) is 13.3 Å². The minimum atomic E-state index is -2.64. The second-order valence-corrected chi connectivity index (χ2v) is 10.3. The van der Waals surface area contributed by atoms with Crippen LogP contribution < -0.4 is 0 Å². The van der Waals surface area contributed by atoms with E-state index in [0.717, 1.165) is 10.7 Å². The predicted molar refractivity (Wildman–Crippen MR) is 119 cm³/mol. The highest BCUT2D eigenvalue weighted by Crippen LogP contribution is 2.23. The molecule has 0 spiro atoms. The molecule has 5 heteroatoms. The summed E-state index contributed by atoms with van der Waals surface area (Å²) in [4.78, 5) is 0. The molecule has 164 valence electrons. The van der Waals surface area contributed by atoms with E-state index in [4.69, 9.17) is 13.3 Å². The molecule has 0 aliphatic heterocycles. The summed E-state index contributed by atoms with van der Waals surface area (Å²) in [7, 11) is -2.64. The van der Waals surface area contributed by atoms with Crippen LogP contribution in [0.25, 0.3) is 0 Å². The average Bonchev–Trinajstić information content (AvgIpc) is 2.63. The number of hydrogen-bond acceptors (Lipinski definition) is 3. The molecule has 0 aromatic carbocycles. The zero-order chi connectivity index (χ0) is 20.4. The van der Waals surface area contributed by atoms with Crippen molar-refractivity contribution >= 4 is 8.80 Å². The monoisotopic (exact) mass is 404 g/mol. The van der Waals surface area contributed by atoms with Gasteiger partial charge in [-0.2, -0.15) is 0 Å². The molecule has 0 bridgehead atoms. The minimum Gasteiger partial charge on any atom is -0.370 e. The molecule has 0 N–H and O–H groups in total. The summed E-state index contributed by atoms with van der Waals surface area (Å²) in [6, 6.07) is 0. The smallest absolute Gasteiger partial charge is 0.370 e. The van der Waals surface area contributed by atoms with E-state index in [1.165, 1.54) is 77.4 Å². The maximum atomic E-state index is 6.26. The van der Waals surface area contributed by atoms with Gasteiger partial charge in [0, 0.05) is 19.8 Å². The molecule has 0 aromatic heterocycles. The third-order valence-corrected chi connectivity index (χ3v) is 8.57. The normalized spacial score (nSPS) is 12.7. The van der Waals surface area contributed by atoms with Gasteiger partial charge in [0.25, 0.3) is 0 Å². The van der Waals surface area contributed by atoms with E-state index in [0.29, 0.717) is 19.8 Å². The van der Waals surface area contributed by atoms with Crippen LogP contribution in [0.2, 0.25) is 0 Å². The van der Waals surface area contributed by atoms with Gasteiger partial charge in [-0.3, -0.25) is 0 Å². The van der Waals surface area contributed by atoms with Crippen molar-refractivity contribution in [2.75, 3.05) is 45.6 Å². The Morgan fingerprint density at radius 2 is 0.852 bits per heavy atom. The van der Waals surface area contributed by atoms with E-state index in [9.17, 15) is 0 Å². The Labute approximate surface area is 171 Å². The van der Waals surface area contributed by atoms with Gasteiger partial charge in [-0.15, -0.1) is 0 Å². The molecule has 0 amide bonds. The molecular weight excluding hydrogens is 354 g/mol. The molecule has 0 radical (unpaired) electrons. The molecule has 0 heterocycles. The largest absolute Gasteiger partial charge is 0.559 e. The maximum absolute atomic E-state index is 6.26. The Bertz CT molecular complexity index is 285. The second kappa shape index (κ2) is 17.0. The van der Waals surface area contributed by atoms with Gasteiger partial charge in [-0.1, -0.05) is 40.0 Å². The summed E-state index contributed by atoms with van der Waals surface area (Å²) in [5, 5.41) is 0. The summed E-state index contributed by atoms with van der Waals surface area (Å²) in [5.74, 6) is 0. The number of hydrogen-bond donors (Lipinski definition) is 0. The Hall–Kier alpha value is 0.0569. The fourth-order valence-electron chi connectivity index (χ4n) is 4.00. The van der Waals surface area contributed by atoms with E-state index >= 15 is 0 Å². The zero-order valence-corrected chi connectivity index (χ0v) is 20.5. The molecule has 0 rings (SSSR count). The van der Waals surface area contributed by atoms with Crippen molar-refractivity contribution in [3.8, 4) is 0 Å². The third-order valence-electron chi connectivity index (χ3n) is 5.33. The van der Waals surface area contributed by atoms with Crippen LogP contribution in [0.1, 0.15) is 99.3 Å². The van der Waals surface area contributed by atoms with Crippen molar-refractivity contribution in [2.45, 2.75) is 99.3 Å². The lowest BCUT2D eigenvalue weighted by Gasteiger charge is -2.43. The SMILES string of the molecule is CCCCC[N+](CCCCC)(CCCCC)C[Si](OCC)(OCC)OCC. The first-order chi connectivity index (χ1) is 13.1. The molecule has 0 unspecified atom stereocenters. The molecule has 0 saturated heterocycles. The van der Waals surface area contributed by atoms with Gasteiger partial charge in [0.15, 0.2) is 0 Å². The Morgan fingerprint density at radius 1 is 0.519 bits per heavy atom. The number of unbranched alkanes of at least 4 members (excludes halogenated alkanes) is 6. The lowest BCUT2D eigenvalue weighted by molar-refractivity contribution is -0.921. The van der Waals surface area contributed by atoms with E-state index in [1.807, 2.05) is 0 Å². The van der Waals surface area contributed by atoms with Gasteiger partial charge in [0.2, 0.25) is 0 Å². The van der Waals surface area contributed by atoms with Crippen LogP contribution in [0.5, 0.6) is 0 Å². The van der Waals surface area contributed by atoms with Crippen LogP contribution in [0.15, 0.2) is 0 Å². The van der Waals surface area contributed by atoms with Crippen LogP contribution in [0.3, 0.4) is 0 Å². The predicted octanol–water partition coefficient (Wildman–Crippen LogP) is 5.96. The van der Waals surface area contributed by atoms with Crippen molar-refractivity contribution in [3.05, 3.63) is 0 Å². The first kappa shape index (κ1) is 27.1.